The number of esters is 1. The number of fused-ring (bicyclic) bond motifs is 1. The fraction of sp³-hybridized carbons (Fsp3) is 0.833. The Labute approximate surface area is 219 Å². The SMILES string of the molecule is CNC[C@H]1C[C@@]23CC[C@@]4(O2)C(=CC[C@]2(C)[C@@H](O[Si](C)(C)C(C)(C)C)CC[C@H]24)C=C3[C@@H](OC(C)=O)[C@@H]1C. The van der Waals surface area contributed by atoms with Gasteiger partial charge in [-0.25, -0.2) is 0 Å². The predicted octanol–water partition coefficient (Wildman–Crippen LogP) is 6.16. The van der Waals surface area contributed by atoms with Crippen molar-refractivity contribution in [3.05, 3.63) is 23.3 Å². The van der Waals surface area contributed by atoms with Crippen LogP contribution in [0.1, 0.15) is 80.1 Å². The molecule has 0 aromatic heterocycles. The van der Waals surface area contributed by atoms with Crippen LogP contribution in [0.3, 0.4) is 0 Å². The minimum Gasteiger partial charge on any atom is -0.458 e. The van der Waals surface area contributed by atoms with Crippen LogP contribution in [0.2, 0.25) is 18.1 Å². The van der Waals surface area contributed by atoms with Crippen LogP contribution in [0.15, 0.2) is 23.3 Å². The second kappa shape index (κ2) is 8.52. The molecule has 36 heavy (non-hydrogen) atoms. The minimum atomic E-state index is -1.87. The largest absolute Gasteiger partial charge is 0.458 e. The van der Waals surface area contributed by atoms with Crippen LogP contribution < -0.4 is 5.32 Å². The Bertz CT molecular complexity index is 982. The smallest absolute Gasteiger partial charge is 0.303 e. The Hall–Kier alpha value is -0.953. The number of ether oxygens (including phenoxy) is 2. The lowest BCUT2D eigenvalue weighted by Gasteiger charge is -2.56. The Morgan fingerprint density at radius 3 is 2.61 bits per heavy atom. The van der Waals surface area contributed by atoms with Gasteiger partial charge in [0.2, 0.25) is 0 Å². The van der Waals surface area contributed by atoms with Gasteiger partial charge in [0.25, 0.3) is 0 Å². The summed E-state index contributed by atoms with van der Waals surface area (Å²) in [5.74, 6) is 0.935. The van der Waals surface area contributed by atoms with Crippen molar-refractivity contribution in [2.24, 2.45) is 23.2 Å². The van der Waals surface area contributed by atoms with E-state index in [0.717, 1.165) is 45.1 Å². The normalized spacial score (nSPS) is 43.8. The molecule has 2 heterocycles. The minimum absolute atomic E-state index is 0.0948. The number of allylic oxidation sites excluding steroid dienone is 1. The van der Waals surface area contributed by atoms with Crippen molar-refractivity contribution in [1.29, 1.82) is 0 Å². The summed E-state index contributed by atoms with van der Waals surface area (Å²) in [4.78, 5) is 12.2. The maximum absolute atomic E-state index is 12.2. The zero-order valence-electron chi connectivity index (χ0n) is 24.1. The molecular formula is C30H49NO4Si. The first-order valence-electron chi connectivity index (χ1n) is 14.3. The summed E-state index contributed by atoms with van der Waals surface area (Å²) >= 11 is 0. The fourth-order valence-corrected chi connectivity index (χ4v) is 9.71. The zero-order valence-corrected chi connectivity index (χ0v) is 25.1. The molecule has 1 saturated heterocycles. The number of carbonyl (C=O) groups is 1. The van der Waals surface area contributed by atoms with Crippen molar-refractivity contribution in [2.75, 3.05) is 13.6 Å². The molecule has 0 radical (unpaired) electrons. The number of rotatable bonds is 5. The summed E-state index contributed by atoms with van der Waals surface area (Å²) in [5, 5.41) is 3.60. The summed E-state index contributed by atoms with van der Waals surface area (Å²) in [5.41, 5.74) is 2.11. The van der Waals surface area contributed by atoms with Gasteiger partial charge in [0.1, 0.15) is 6.10 Å². The molecule has 0 aromatic carbocycles. The van der Waals surface area contributed by atoms with Gasteiger partial charge in [0.15, 0.2) is 8.32 Å². The molecule has 3 aliphatic carbocycles. The molecule has 2 bridgehead atoms. The van der Waals surface area contributed by atoms with Crippen LogP contribution in [0.5, 0.6) is 0 Å². The van der Waals surface area contributed by atoms with Crippen molar-refractivity contribution >= 4 is 14.3 Å². The van der Waals surface area contributed by atoms with Crippen LogP contribution in [0, 0.1) is 23.2 Å². The van der Waals surface area contributed by atoms with Crippen LogP contribution in [0.25, 0.3) is 0 Å². The van der Waals surface area contributed by atoms with E-state index in [1.807, 2.05) is 7.05 Å². The van der Waals surface area contributed by atoms with Gasteiger partial charge in [-0.15, -0.1) is 0 Å². The summed E-state index contributed by atoms with van der Waals surface area (Å²) in [6.07, 6.45) is 11.3. The molecule has 202 valence electrons. The van der Waals surface area contributed by atoms with Crippen molar-refractivity contribution in [3.8, 4) is 0 Å². The molecule has 1 N–H and O–H groups in total. The first-order valence-corrected chi connectivity index (χ1v) is 17.2. The van der Waals surface area contributed by atoms with Crippen LogP contribution in [-0.2, 0) is 18.7 Å². The molecule has 0 unspecified atom stereocenters. The van der Waals surface area contributed by atoms with Crippen molar-refractivity contribution in [2.45, 2.75) is 122 Å². The van der Waals surface area contributed by atoms with E-state index in [-0.39, 0.29) is 39.6 Å². The lowest BCUT2D eigenvalue weighted by Crippen LogP contribution is -2.59. The van der Waals surface area contributed by atoms with Crippen molar-refractivity contribution < 1.29 is 18.7 Å². The maximum Gasteiger partial charge on any atom is 0.303 e. The van der Waals surface area contributed by atoms with Gasteiger partial charge in [-0.1, -0.05) is 46.8 Å². The second-order valence-electron chi connectivity index (χ2n) is 14.4. The van der Waals surface area contributed by atoms with Gasteiger partial charge in [-0.05, 0) is 81.7 Å². The van der Waals surface area contributed by atoms with Gasteiger partial charge in [0.05, 0.1) is 17.3 Å². The maximum atomic E-state index is 12.2. The molecule has 2 spiro atoms. The molecule has 5 nitrogen and oxygen atoms in total. The van der Waals surface area contributed by atoms with E-state index in [9.17, 15) is 4.79 Å². The third-order valence-corrected chi connectivity index (χ3v) is 15.8. The highest BCUT2D eigenvalue weighted by molar-refractivity contribution is 6.74. The fourth-order valence-electron chi connectivity index (χ4n) is 8.25. The van der Waals surface area contributed by atoms with E-state index in [1.54, 1.807) is 0 Å². The van der Waals surface area contributed by atoms with Gasteiger partial charge >= 0.3 is 5.97 Å². The predicted molar refractivity (Wildman–Crippen MR) is 146 cm³/mol. The lowest BCUT2D eigenvalue weighted by atomic mass is 9.60. The van der Waals surface area contributed by atoms with Crippen LogP contribution in [0.4, 0.5) is 0 Å². The third-order valence-electron chi connectivity index (χ3n) is 11.3. The molecular weight excluding hydrogens is 466 g/mol. The van der Waals surface area contributed by atoms with Crippen LogP contribution >= 0.6 is 0 Å². The molecule has 2 saturated carbocycles. The Morgan fingerprint density at radius 2 is 1.97 bits per heavy atom. The van der Waals surface area contributed by atoms with Crippen molar-refractivity contribution in [1.82, 2.24) is 5.32 Å². The molecule has 3 fully saturated rings. The number of hydrogen-bond acceptors (Lipinski definition) is 5. The molecule has 5 aliphatic rings. The van der Waals surface area contributed by atoms with Gasteiger partial charge < -0.3 is 19.2 Å². The van der Waals surface area contributed by atoms with E-state index in [4.69, 9.17) is 13.9 Å². The van der Waals surface area contributed by atoms with E-state index < -0.39 is 8.32 Å². The highest BCUT2D eigenvalue weighted by atomic mass is 28.4. The standard InChI is InChI=1S/C30H49NO4Si/c1-19-21(18-31-7)17-29-14-15-30(35-29)22(16-23(29)26(19)33-20(2)32)12-13-28(6)24(30)10-11-25(28)34-36(8,9)27(3,4)5/h12,16,19,21,24-26,31H,10-11,13-15,17-18H2,1-9H3/t19-,21-,24-,25+,26+,28+,29-,30-/m1/s1. The van der Waals surface area contributed by atoms with Crippen molar-refractivity contribution in [3.63, 3.8) is 0 Å². The van der Waals surface area contributed by atoms with Gasteiger partial charge in [-0.2, -0.15) is 0 Å². The van der Waals surface area contributed by atoms with E-state index in [1.165, 1.54) is 18.1 Å². The topological polar surface area (TPSA) is 56.8 Å². The summed E-state index contributed by atoms with van der Waals surface area (Å²) in [6.45, 7) is 19.0. The van der Waals surface area contributed by atoms with Crippen LogP contribution in [-0.4, -0.2) is 51.3 Å². The molecule has 0 amide bonds. The Kier molecular flexibility index (Phi) is 6.31. The van der Waals surface area contributed by atoms with E-state index >= 15 is 0 Å². The summed E-state index contributed by atoms with van der Waals surface area (Å²) in [7, 11) is 0.147. The first-order chi connectivity index (χ1) is 16.7. The van der Waals surface area contributed by atoms with E-state index in [0.29, 0.717) is 17.9 Å². The molecule has 0 aromatic rings. The average molecular weight is 516 g/mol. The average Bonchev–Trinajstić information content (AvgIpc) is 3.26. The number of carbonyl (C=O) groups excluding carboxylic acids is 1. The molecule has 8 atom stereocenters. The third kappa shape index (κ3) is 3.76. The lowest BCUT2D eigenvalue weighted by molar-refractivity contribution is -0.171. The Balaban J connectivity index is 1.52. The summed E-state index contributed by atoms with van der Waals surface area (Å²) in [6, 6.07) is 0. The highest BCUT2D eigenvalue weighted by Gasteiger charge is 2.68. The zero-order chi connectivity index (χ0) is 26.3. The number of nitrogens with one attached hydrogen (secondary N) is 1. The second-order valence-corrected chi connectivity index (χ2v) is 19.1. The first kappa shape index (κ1) is 26.6. The monoisotopic (exact) mass is 515 g/mol. The van der Waals surface area contributed by atoms with Gasteiger partial charge in [-0.3, -0.25) is 4.79 Å². The molecule has 2 aliphatic heterocycles. The highest BCUT2D eigenvalue weighted by Crippen LogP contribution is 2.68. The number of hydrogen-bond donors (Lipinski definition) is 1. The molecule has 5 rings (SSSR count). The Morgan fingerprint density at radius 1 is 1.25 bits per heavy atom. The van der Waals surface area contributed by atoms with E-state index in [2.05, 4.69) is 65.2 Å². The van der Waals surface area contributed by atoms with Gasteiger partial charge in [0, 0.05) is 29.7 Å². The quantitative estimate of drug-likeness (QED) is 0.351. The molecule has 6 heteroatoms. The summed E-state index contributed by atoms with van der Waals surface area (Å²) < 4.78 is 20.6.